The number of hydrogen-bond acceptors (Lipinski definition) is 3. The van der Waals surface area contributed by atoms with Crippen molar-refractivity contribution in [1.82, 2.24) is 5.32 Å². The lowest BCUT2D eigenvalue weighted by Gasteiger charge is -2.16. The van der Waals surface area contributed by atoms with Gasteiger partial charge >= 0.3 is 6.18 Å². The monoisotopic (exact) mass is 224 g/mol. The summed E-state index contributed by atoms with van der Waals surface area (Å²) in [6.45, 7) is 1.81. The van der Waals surface area contributed by atoms with Gasteiger partial charge in [0, 0.05) is 13.2 Å². The first-order chi connectivity index (χ1) is 6.91. The van der Waals surface area contributed by atoms with Gasteiger partial charge in [0.25, 0.3) is 0 Å². The molecule has 0 saturated carbocycles. The highest BCUT2D eigenvalue weighted by Gasteiger charge is 2.39. The van der Waals surface area contributed by atoms with E-state index in [9.17, 15) is 13.2 Å². The van der Waals surface area contributed by atoms with E-state index in [1.165, 1.54) is 6.07 Å². The first-order valence-electron chi connectivity index (χ1n) is 4.69. The van der Waals surface area contributed by atoms with E-state index in [2.05, 4.69) is 5.32 Å². The molecule has 0 aromatic carbocycles. The van der Waals surface area contributed by atoms with E-state index in [0.717, 1.165) is 0 Å². The number of rotatable bonds is 6. The zero-order valence-electron chi connectivity index (χ0n) is 8.51. The smallest absolute Gasteiger partial charge is 0.396 e. The molecule has 0 aromatic rings. The Morgan fingerprint density at radius 1 is 1.40 bits per heavy atom. The van der Waals surface area contributed by atoms with Crippen LogP contribution in [-0.2, 0) is 0 Å². The van der Waals surface area contributed by atoms with Gasteiger partial charge in [-0.1, -0.05) is 6.92 Å². The average Bonchev–Trinajstić information content (AvgIpc) is 2.10. The molecule has 0 saturated heterocycles. The summed E-state index contributed by atoms with van der Waals surface area (Å²) in [7, 11) is 0. The minimum absolute atomic E-state index is 0.0177. The maximum Gasteiger partial charge on any atom is 0.405 e. The fourth-order valence-electron chi connectivity index (χ4n) is 1.03. The third-order valence-electron chi connectivity index (χ3n) is 2.01. The summed E-state index contributed by atoms with van der Waals surface area (Å²) < 4.78 is 36.3. The maximum atomic E-state index is 12.1. The lowest BCUT2D eigenvalue weighted by Crippen LogP contribution is -2.34. The van der Waals surface area contributed by atoms with Crippen LogP contribution in [0.2, 0.25) is 0 Å². The fourth-order valence-corrected chi connectivity index (χ4v) is 1.03. The molecule has 15 heavy (non-hydrogen) atoms. The molecule has 0 radical (unpaired) electrons. The number of alkyl halides is 3. The maximum absolute atomic E-state index is 12.1. The first kappa shape index (κ1) is 14.2. The van der Waals surface area contributed by atoms with Gasteiger partial charge in [0.15, 0.2) is 5.92 Å². The van der Waals surface area contributed by atoms with Gasteiger partial charge < -0.3 is 10.4 Å². The van der Waals surface area contributed by atoms with Gasteiger partial charge in [-0.15, -0.1) is 0 Å². The normalized spacial score (nSPS) is 15.7. The molecule has 6 heteroatoms. The van der Waals surface area contributed by atoms with Crippen LogP contribution < -0.4 is 5.32 Å². The van der Waals surface area contributed by atoms with Crippen LogP contribution in [0.1, 0.15) is 13.3 Å². The van der Waals surface area contributed by atoms with Gasteiger partial charge in [0.1, 0.15) is 0 Å². The van der Waals surface area contributed by atoms with Crippen molar-refractivity contribution in [3.63, 3.8) is 0 Å². The van der Waals surface area contributed by atoms with Gasteiger partial charge in [0.2, 0.25) is 0 Å². The summed E-state index contributed by atoms with van der Waals surface area (Å²) in [5.41, 5.74) is 0. The number of halogens is 3. The number of aliphatic hydroxyl groups excluding tert-OH is 1. The molecular formula is C9H15F3N2O. The SMILES string of the molecule is CC(CCO)CNCC(C#N)C(F)(F)F. The first-order valence-corrected chi connectivity index (χ1v) is 4.69. The highest BCUT2D eigenvalue weighted by atomic mass is 19.4. The summed E-state index contributed by atoms with van der Waals surface area (Å²) in [4.78, 5) is 0. The van der Waals surface area contributed by atoms with E-state index in [1.54, 1.807) is 0 Å². The van der Waals surface area contributed by atoms with E-state index in [0.29, 0.717) is 13.0 Å². The number of aliphatic hydroxyl groups is 1. The molecule has 3 nitrogen and oxygen atoms in total. The van der Waals surface area contributed by atoms with Crippen LogP contribution in [0, 0.1) is 23.2 Å². The van der Waals surface area contributed by atoms with Gasteiger partial charge in [-0.25, -0.2) is 0 Å². The summed E-state index contributed by atoms with van der Waals surface area (Å²) in [5.74, 6) is -1.86. The zero-order valence-corrected chi connectivity index (χ0v) is 8.51. The van der Waals surface area contributed by atoms with Crippen LogP contribution in [0.25, 0.3) is 0 Å². The molecule has 0 aliphatic rings. The van der Waals surface area contributed by atoms with Crippen LogP contribution in [0.3, 0.4) is 0 Å². The lowest BCUT2D eigenvalue weighted by molar-refractivity contribution is -0.157. The molecule has 0 bridgehead atoms. The Balaban J connectivity index is 3.80. The van der Waals surface area contributed by atoms with Crippen molar-refractivity contribution in [2.75, 3.05) is 19.7 Å². The molecule has 0 amide bonds. The molecule has 0 fully saturated rings. The highest BCUT2D eigenvalue weighted by Crippen LogP contribution is 2.24. The van der Waals surface area contributed by atoms with Crippen LogP contribution in [0.15, 0.2) is 0 Å². The van der Waals surface area contributed by atoms with Crippen LogP contribution in [0.5, 0.6) is 0 Å². The summed E-state index contributed by atoms with van der Waals surface area (Å²) in [6.07, 6.45) is -3.93. The quantitative estimate of drug-likeness (QED) is 0.715. The van der Waals surface area contributed by atoms with Gasteiger partial charge in [-0.05, 0) is 18.9 Å². The summed E-state index contributed by atoms with van der Waals surface area (Å²) in [6, 6.07) is 1.21. The predicted molar refractivity (Wildman–Crippen MR) is 48.9 cm³/mol. The Morgan fingerprint density at radius 2 is 2.00 bits per heavy atom. The Morgan fingerprint density at radius 3 is 2.40 bits per heavy atom. The fraction of sp³-hybridized carbons (Fsp3) is 0.889. The highest BCUT2D eigenvalue weighted by molar-refractivity contribution is 4.89. The van der Waals surface area contributed by atoms with Crippen molar-refractivity contribution >= 4 is 0 Å². The molecule has 0 heterocycles. The van der Waals surface area contributed by atoms with E-state index < -0.39 is 18.6 Å². The zero-order chi connectivity index (χ0) is 11.9. The van der Waals surface area contributed by atoms with E-state index in [4.69, 9.17) is 10.4 Å². The second-order valence-electron chi connectivity index (χ2n) is 3.50. The van der Waals surface area contributed by atoms with Crippen LogP contribution in [0.4, 0.5) is 13.2 Å². The molecule has 2 unspecified atom stereocenters. The number of hydrogen-bond donors (Lipinski definition) is 2. The van der Waals surface area contributed by atoms with Gasteiger partial charge in [-0.2, -0.15) is 18.4 Å². The second-order valence-corrected chi connectivity index (χ2v) is 3.50. The van der Waals surface area contributed by atoms with E-state index in [1.807, 2.05) is 6.92 Å². The third-order valence-corrected chi connectivity index (χ3v) is 2.01. The number of nitrogens with zero attached hydrogens (tertiary/aromatic N) is 1. The Labute approximate surface area is 86.9 Å². The van der Waals surface area contributed by atoms with Gasteiger partial charge in [0.05, 0.1) is 6.07 Å². The topological polar surface area (TPSA) is 56.0 Å². The minimum atomic E-state index is -4.47. The second kappa shape index (κ2) is 6.64. The standard InChI is InChI=1S/C9H15F3N2O/c1-7(2-3-15)5-14-6-8(4-13)9(10,11)12/h7-8,14-15H,2-3,5-6H2,1H3. The molecular weight excluding hydrogens is 209 g/mol. The minimum Gasteiger partial charge on any atom is -0.396 e. The molecule has 88 valence electrons. The number of nitriles is 1. The Bertz CT molecular complexity index is 212. The molecule has 2 atom stereocenters. The van der Waals surface area contributed by atoms with Crippen molar-refractivity contribution in [2.24, 2.45) is 11.8 Å². The van der Waals surface area contributed by atoms with Crippen molar-refractivity contribution in [1.29, 1.82) is 5.26 Å². The van der Waals surface area contributed by atoms with Crippen molar-refractivity contribution in [3.8, 4) is 6.07 Å². The van der Waals surface area contributed by atoms with E-state index >= 15 is 0 Å². The molecule has 0 aromatic heterocycles. The molecule has 0 aliphatic carbocycles. The Kier molecular flexibility index (Phi) is 6.29. The summed E-state index contributed by atoms with van der Waals surface area (Å²) >= 11 is 0. The lowest BCUT2D eigenvalue weighted by atomic mass is 10.1. The van der Waals surface area contributed by atoms with Crippen LogP contribution >= 0.6 is 0 Å². The van der Waals surface area contributed by atoms with Crippen molar-refractivity contribution < 1.29 is 18.3 Å². The molecule has 0 rings (SSSR count). The van der Waals surface area contributed by atoms with Crippen molar-refractivity contribution in [3.05, 3.63) is 0 Å². The largest absolute Gasteiger partial charge is 0.405 e. The van der Waals surface area contributed by atoms with Gasteiger partial charge in [-0.3, -0.25) is 0 Å². The number of nitrogens with one attached hydrogen (secondary N) is 1. The molecule has 0 aliphatic heterocycles. The molecule has 0 spiro atoms. The van der Waals surface area contributed by atoms with E-state index in [-0.39, 0.29) is 12.5 Å². The third kappa shape index (κ3) is 6.31. The van der Waals surface area contributed by atoms with Crippen molar-refractivity contribution in [2.45, 2.75) is 19.5 Å². The summed E-state index contributed by atoms with van der Waals surface area (Å²) in [5, 5.41) is 19.4. The average molecular weight is 224 g/mol. The van der Waals surface area contributed by atoms with Crippen LogP contribution in [-0.4, -0.2) is 31.0 Å². The molecule has 2 N–H and O–H groups in total. The Hall–Kier alpha value is -0.800. The predicted octanol–water partition coefficient (Wildman–Crippen LogP) is 1.30.